The van der Waals surface area contributed by atoms with Crippen molar-refractivity contribution >= 4 is 21.6 Å². The number of aryl methyl sites for hydroxylation is 1. The molecule has 0 aliphatic rings. The molecule has 176 valence electrons. The van der Waals surface area contributed by atoms with E-state index in [4.69, 9.17) is 14.2 Å². The molecule has 2 aromatic rings. The number of hydrogen-bond donors (Lipinski definition) is 1. The number of benzene rings is 2. The zero-order valence-corrected chi connectivity index (χ0v) is 20.6. The molecule has 2 aromatic carbocycles. The van der Waals surface area contributed by atoms with Gasteiger partial charge in [-0.15, -0.1) is 0 Å². The van der Waals surface area contributed by atoms with Crippen molar-refractivity contribution in [3.05, 3.63) is 41.0 Å². The number of anilines is 1. The van der Waals surface area contributed by atoms with E-state index in [2.05, 4.69) is 5.32 Å². The van der Waals surface area contributed by atoms with Crippen molar-refractivity contribution in [2.45, 2.75) is 39.0 Å². The molecule has 9 heteroatoms. The molecular formula is C23H32N2O6S. The summed E-state index contributed by atoms with van der Waals surface area (Å²) in [5.41, 5.74) is 2.72. The van der Waals surface area contributed by atoms with Crippen LogP contribution in [0.3, 0.4) is 0 Å². The molecule has 32 heavy (non-hydrogen) atoms. The van der Waals surface area contributed by atoms with Gasteiger partial charge in [0.15, 0.2) is 11.5 Å². The Bertz CT molecular complexity index is 1050. The molecule has 0 saturated carbocycles. The fourth-order valence-electron chi connectivity index (χ4n) is 3.43. The van der Waals surface area contributed by atoms with Crippen LogP contribution < -0.4 is 19.5 Å². The lowest BCUT2D eigenvalue weighted by atomic mass is 10.1. The van der Waals surface area contributed by atoms with Gasteiger partial charge in [-0.3, -0.25) is 4.79 Å². The van der Waals surface area contributed by atoms with E-state index in [1.807, 2.05) is 13.8 Å². The number of carbonyl (C=O) groups excluding carboxylic acids is 1. The molecule has 1 N–H and O–H groups in total. The maximum absolute atomic E-state index is 13.0. The van der Waals surface area contributed by atoms with Crippen LogP contribution in [0.4, 0.5) is 5.69 Å². The van der Waals surface area contributed by atoms with Gasteiger partial charge in [-0.1, -0.05) is 13.8 Å². The Morgan fingerprint density at radius 1 is 0.938 bits per heavy atom. The Balaban J connectivity index is 2.36. The predicted molar refractivity (Wildman–Crippen MR) is 124 cm³/mol. The van der Waals surface area contributed by atoms with Gasteiger partial charge in [0.05, 0.1) is 32.6 Å². The van der Waals surface area contributed by atoms with Gasteiger partial charge in [0.1, 0.15) is 0 Å². The minimum Gasteiger partial charge on any atom is -0.493 e. The molecule has 0 aliphatic carbocycles. The van der Waals surface area contributed by atoms with E-state index in [0.717, 1.165) is 11.1 Å². The highest BCUT2D eigenvalue weighted by atomic mass is 32.2. The van der Waals surface area contributed by atoms with Crippen molar-refractivity contribution < 1.29 is 27.4 Å². The molecule has 2 rings (SSSR count). The van der Waals surface area contributed by atoms with E-state index in [9.17, 15) is 13.2 Å². The first kappa shape index (κ1) is 25.5. The first-order valence-corrected chi connectivity index (χ1v) is 11.8. The number of carbonyl (C=O) groups is 1. The SMILES string of the molecule is CCN(CC)S(=O)(=O)c1cc(C)c(C)c(NC(=O)Cc2cc(OC)c(OC)c(OC)c2)c1. The number of amides is 1. The van der Waals surface area contributed by atoms with Crippen LogP contribution in [-0.4, -0.2) is 53.0 Å². The van der Waals surface area contributed by atoms with Crippen LogP contribution in [0.25, 0.3) is 0 Å². The van der Waals surface area contributed by atoms with Gasteiger partial charge in [0.2, 0.25) is 21.7 Å². The van der Waals surface area contributed by atoms with E-state index in [1.54, 1.807) is 32.0 Å². The molecule has 0 aliphatic heterocycles. The summed E-state index contributed by atoms with van der Waals surface area (Å²) in [5.74, 6) is 1.06. The van der Waals surface area contributed by atoms with E-state index in [1.165, 1.54) is 31.7 Å². The lowest BCUT2D eigenvalue weighted by molar-refractivity contribution is -0.115. The maximum atomic E-state index is 13.0. The minimum absolute atomic E-state index is 0.0439. The van der Waals surface area contributed by atoms with Gasteiger partial charge in [-0.2, -0.15) is 4.31 Å². The highest BCUT2D eigenvalue weighted by Crippen LogP contribution is 2.38. The quantitative estimate of drug-likeness (QED) is 0.578. The van der Waals surface area contributed by atoms with E-state index in [0.29, 0.717) is 41.6 Å². The Morgan fingerprint density at radius 3 is 1.97 bits per heavy atom. The molecular weight excluding hydrogens is 432 g/mol. The second kappa shape index (κ2) is 10.7. The summed E-state index contributed by atoms with van der Waals surface area (Å²) < 4.78 is 43.3. The highest BCUT2D eigenvalue weighted by molar-refractivity contribution is 7.89. The lowest BCUT2D eigenvalue weighted by Gasteiger charge is -2.20. The topological polar surface area (TPSA) is 94.2 Å². The summed E-state index contributed by atoms with van der Waals surface area (Å²) in [6.07, 6.45) is 0.0439. The van der Waals surface area contributed by atoms with Crippen LogP contribution in [-0.2, 0) is 21.2 Å². The van der Waals surface area contributed by atoms with Gasteiger partial charge < -0.3 is 19.5 Å². The minimum atomic E-state index is -3.65. The summed E-state index contributed by atoms with van der Waals surface area (Å²) in [6, 6.07) is 6.57. The van der Waals surface area contributed by atoms with Crippen molar-refractivity contribution in [2.24, 2.45) is 0 Å². The van der Waals surface area contributed by atoms with E-state index in [-0.39, 0.29) is 17.2 Å². The van der Waals surface area contributed by atoms with Crippen LogP contribution in [0, 0.1) is 13.8 Å². The van der Waals surface area contributed by atoms with E-state index < -0.39 is 10.0 Å². The van der Waals surface area contributed by atoms with E-state index >= 15 is 0 Å². The molecule has 0 unspecified atom stereocenters. The lowest BCUT2D eigenvalue weighted by Crippen LogP contribution is -2.30. The Kier molecular flexibility index (Phi) is 8.51. The molecule has 0 bridgehead atoms. The fraction of sp³-hybridized carbons (Fsp3) is 0.435. The zero-order valence-electron chi connectivity index (χ0n) is 19.7. The summed E-state index contributed by atoms with van der Waals surface area (Å²) in [7, 11) is 0.881. The summed E-state index contributed by atoms with van der Waals surface area (Å²) in [5, 5.41) is 2.86. The van der Waals surface area contributed by atoms with Gasteiger partial charge in [0, 0.05) is 18.8 Å². The van der Waals surface area contributed by atoms with Gasteiger partial charge >= 0.3 is 0 Å². The van der Waals surface area contributed by atoms with Crippen molar-refractivity contribution in [3.63, 3.8) is 0 Å². The summed E-state index contributed by atoms with van der Waals surface area (Å²) >= 11 is 0. The second-order valence-corrected chi connectivity index (χ2v) is 9.20. The first-order valence-electron chi connectivity index (χ1n) is 10.3. The average molecular weight is 465 g/mol. The molecule has 8 nitrogen and oxygen atoms in total. The fourth-order valence-corrected chi connectivity index (χ4v) is 5.01. The largest absolute Gasteiger partial charge is 0.493 e. The number of rotatable bonds is 10. The van der Waals surface area contributed by atoms with Crippen molar-refractivity contribution in [1.29, 1.82) is 0 Å². The third-order valence-corrected chi connectivity index (χ3v) is 7.38. The second-order valence-electron chi connectivity index (χ2n) is 7.26. The molecule has 1 amide bonds. The molecule has 0 atom stereocenters. The number of sulfonamides is 1. The molecule has 0 heterocycles. The Morgan fingerprint density at radius 2 is 1.50 bits per heavy atom. The number of methoxy groups -OCH3 is 3. The number of nitrogens with zero attached hydrogens (tertiary/aromatic N) is 1. The Hall–Kier alpha value is -2.78. The van der Waals surface area contributed by atoms with Gasteiger partial charge in [-0.05, 0) is 54.8 Å². The standard InChI is InChI=1S/C23H32N2O6S/c1-8-25(9-2)32(27,28)18-10-15(3)16(4)19(14-18)24-22(26)13-17-11-20(29-5)23(31-7)21(12-17)30-6/h10-12,14H,8-9,13H2,1-7H3,(H,24,26). The maximum Gasteiger partial charge on any atom is 0.243 e. The van der Waals surface area contributed by atoms with Crippen LogP contribution in [0.5, 0.6) is 17.2 Å². The van der Waals surface area contributed by atoms with Crippen LogP contribution in [0.15, 0.2) is 29.2 Å². The molecule has 0 saturated heterocycles. The summed E-state index contributed by atoms with van der Waals surface area (Å²) in [6.45, 7) is 8.00. The number of nitrogens with one attached hydrogen (secondary N) is 1. The third-order valence-electron chi connectivity index (χ3n) is 5.35. The van der Waals surface area contributed by atoms with Crippen LogP contribution in [0.2, 0.25) is 0 Å². The monoisotopic (exact) mass is 464 g/mol. The van der Waals surface area contributed by atoms with Crippen molar-refractivity contribution in [1.82, 2.24) is 4.31 Å². The Labute approximate surface area is 190 Å². The molecule has 0 aromatic heterocycles. The zero-order chi connectivity index (χ0) is 24.1. The molecule has 0 fully saturated rings. The van der Waals surface area contributed by atoms with Crippen LogP contribution >= 0.6 is 0 Å². The first-order chi connectivity index (χ1) is 15.1. The van der Waals surface area contributed by atoms with Crippen LogP contribution in [0.1, 0.15) is 30.5 Å². The average Bonchev–Trinajstić information content (AvgIpc) is 2.76. The van der Waals surface area contributed by atoms with Crippen molar-refractivity contribution in [2.75, 3.05) is 39.7 Å². The number of ether oxygens (including phenoxy) is 3. The van der Waals surface area contributed by atoms with Crippen molar-refractivity contribution in [3.8, 4) is 17.2 Å². The predicted octanol–water partition coefficient (Wildman–Crippen LogP) is 3.54. The third kappa shape index (κ3) is 5.34. The number of hydrogen-bond acceptors (Lipinski definition) is 6. The smallest absolute Gasteiger partial charge is 0.243 e. The molecule has 0 radical (unpaired) electrons. The van der Waals surface area contributed by atoms with Gasteiger partial charge in [0.25, 0.3) is 0 Å². The molecule has 0 spiro atoms. The van der Waals surface area contributed by atoms with Gasteiger partial charge in [-0.25, -0.2) is 8.42 Å². The highest BCUT2D eigenvalue weighted by Gasteiger charge is 2.24. The normalized spacial score (nSPS) is 11.4. The summed E-state index contributed by atoms with van der Waals surface area (Å²) in [4.78, 5) is 13.0.